The van der Waals surface area contributed by atoms with E-state index in [1.165, 1.54) is 12.4 Å². The lowest BCUT2D eigenvalue weighted by atomic mass is 10.0. The van der Waals surface area contributed by atoms with Gasteiger partial charge in [-0.3, -0.25) is 14.6 Å². The highest BCUT2D eigenvalue weighted by atomic mass is 16.5. The number of ether oxygens (including phenoxy) is 1. The number of aromatic nitrogens is 1. The van der Waals surface area contributed by atoms with Crippen LogP contribution in [-0.4, -0.2) is 36.2 Å². The first-order valence-corrected chi connectivity index (χ1v) is 8.83. The van der Waals surface area contributed by atoms with Crippen molar-refractivity contribution in [2.75, 3.05) is 13.2 Å². The van der Waals surface area contributed by atoms with Gasteiger partial charge < -0.3 is 10.1 Å². The van der Waals surface area contributed by atoms with Crippen molar-refractivity contribution in [1.29, 1.82) is 0 Å². The van der Waals surface area contributed by atoms with Crippen LogP contribution in [0.1, 0.15) is 22.8 Å². The third kappa shape index (κ3) is 4.70. The molecular formula is C21H20N4O3. The number of nitrogens with zero attached hydrogens (tertiary/aromatic N) is 2. The van der Waals surface area contributed by atoms with Gasteiger partial charge in [-0.25, -0.2) is 5.43 Å². The SMILES string of the molecule is CCOc1ccc2ccccc2c1/C=N/NC(=O)CNC(=O)c1ccncc1. The minimum absolute atomic E-state index is 0.188. The van der Waals surface area contributed by atoms with Gasteiger partial charge in [0.15, 0.2) is 0 Å². The van der Waals surface area contributed by atoms with Crippen LogP contribution in [0, 0.1) is 0 Å². The van der Waals surface area contributed by atoms with Gasteiger partial charge in [0.25, 0.3) is 11.8 Å². The van der Waals surface area contributed by atoms with Gasteiger partial charge in [0.2, 0.25) is 0 Å². The molecular weight excluding hydrogens is 356 g/mol. The van der Waals surface area contributed by atoms with Gasteiger partial charge in [-0.15, -0.1) is 0 Å². The van der Waals surface area contributed by atoms with Crippen LogP contribution in [0.3, 0.4) is 0 Å². The highest BCUT2D eigenvalue weighted by Gasteiger charge is 2.08. The minimum Gasteiger partial charge on any atom is -0.493 e. The fourth-order valence-corrected chi connectivity index (χ4v) is 2.66. The third-order valence-electron chi connectivity index (χ3n) is 3.97. The largest absolute Gasteiger partial charge is 0.493 e. The van der Waals surface area contributed by atoms with Gasteiger partial charge in [-0.05, 0) is 35.9 Å². The summed E-state index contributed by atoms with van der Waals surface area (Å²) in [6, 6.07) is 14.8. The number of hydrogen-bond acceptors (Lipinski definition) is 5. The van der Waals surface area contributed by atoms with Crippen LogP contribution in [-0.2, 0) is 4.79 Å². The first kappa shape index (κ1) is 19.0. The third-order valence-corrected chi connectivity index (χ3v) is 3.97. The average molecular weight is 376 g/mol. The summed E-state index contributed by atoms with van der Waals surface area (Å²) >= 11 is 0. The molecule has 7 nitrogen and oxygen atoms in total. The number of carbonyl (C=O) groups is 2. The van der Waals surface area contributed by atoms with Gasteiger partial charge in [-0.1, -0.05) is 30.3 Å². The maximum Gasteiger partial charge on any atom is 0.259 e. The Kier molecular flexibility index (Phi) is 6.30. The Morgan fingerprint density at radius 2 is 1.89 bits per heavy atom. The Labute approximate surface area is 162 Å². The predicted octanol–water partition coefficient (Wildman–Crippen LogP) is 2.51. The summed E-state index contributed by atoms with van der Waals surface area (Å²) in [5.74, 6) is -0.101. The molecule has 1 heterocycles. The summed E-state index contributed by atoms with van der Waals surface area (Å²) in [7, 11) is 0. The van der Waals surface area contributed by atoms with Crippen molar-refractivity contribution in [1.82, 2.24) is 15.7 Å². The molecule has 0 fully saturated rings. The minimum atomic E-state index is -0.433. The molecule has 3 rings (SSSR count). The molecule has 0 bridgehead atoms. The molecule has 0 aliphatic carbocycles. The number of amides is 2. The second-order valence-corrected chi connectivity index (χ2v) is 5.84. The van der Waals surface area contributed by atoms with Gasteiger partial charge in [-0.2, -0.15) is 5.10 Å². The smallest absolute Gasteiger partial charge is 0.259 e. The number of hydrogen-bond donors (Lipinski definition) is 2. The van der Waals surface area contributed by atoms with Gasteiger partial charge in [0.05, 0.1) is 19.4 Å². The van der Waals surface area contributed by atoms with Crippen molar-refractivity contribution in [3.8, 4) is 5.75 Å². The molecule has 1 aromatic heterocycles. The molecule has 0 saturated carbocycles. The zero-order valence-corrected chi connectivity index (χ0v) is 15.4. The normalized spacial score (nSPS) is 10.8. The Hall–Kier alpha value is -3.74. The molecule has 7 heteroatoms. The van der Waals surface area contributed by atoms with Gasteiger partial charge >= 0.3 is 0 Å². The second kappa shape index (κ2) is 9.27. The van der Waals surface area contributed by atoms with Crippen LogP contribution >= 0.6 is 0 Å². The summed E-state index contributed by atoms with van der Waals surface area (Å²) in [6.45, 7) is 2.24. The first-order valence-electron chi connectivity index (χ1n) is 8.83. The quantitative estimate of drug-likeness (QED) is 0.489. The van der Waals surface area contributed by atoms with Crippen molar-refractivity contribution in [3.63, 3.8) is 0 Å². The summed E-state index contributed by atoms with van der Waals surface area (Å²) < 4.78 is 5.66. The fraction of sp³-hybridized carbons (Fsp3) is 0.143. The number of carbonyl (C=O) groups excluding carboxylic acids is 2. The number of pyridine rings is 1. The number of rotatable bonds is 7. The van der Waals surface area contributed by atoms with E-state index in [9.17, 15) is 9.59 Å². The maximum atomic E-state index is 12.0. The van der Waals surface area contributed by atoms with Crippen molar-refractivity contribution in [2.24, 2.45) is 5.10 Å². The highest BCUT2D eigenvalue weighted by Crippen LogP contribution is 2.26. The van der Waals surface area contributed by atoms with E-state index < -0.39 is 5.91 Å². The van der Waals surface area contributed by atoms with Gasteiger partial charge in [0, 0.05) is 23.5 Å². The molecule has 28 heavy (non-hydrogen) atoms. The zero-order valence-electron chi connectivity index (χ0n) is 15.4. The maximum absolute atomic E-state index is 12.0. The van der Waals surface area contributed by atoms with Crippen molar-refractivity contribution in [2.45, 2.75) is 6.92 Å². The molecule has 0 saturated heterocycles. The number of benzene rings is 2. The molecule has 0 aliphatic heterocycles. The Morgan fingerprint density at radius 3 is 2.68 bits per heavy atom. The van der Waals surface area contributed by atoms with Crippen molar-refractivity contribution >= 4 is 28.8 Å². The lowest BCUT2D eigenvalue weighted by Gasteiger charge is -2.10. The van der Waals surface area contributed by atoms with E-state index >= 15 is 0 Å². The van der Waals surface area contributed by atoms with E-state index in [0.29, 0.717) is 17.9 Å². The van der Waals surface area contributed by atoms with E-state index in [2.05, 4.69) is 20.8 Å². The van der Waals surface area contributed by atoms with Crippen LogP contribution < -0.4 is 15.5 Å². The molecule has 0 aliphatic rings. The monoisotopic (exact) mass is 376 g/mol. The molecule has 2 N–H and O–H groups in total. The Bertz CT molecular complexity index is 1000. The van der Waals surface area contributed by atoms with E-state index in [-0.39, 0.29) is 12.5 Å². The molecule has 0 unspecified atom stereocenters. The van der Waals surface area contributed by atoms with E-state index in [4.69, 9.17) is 4.74 Å². The Balaban J connectivity index is 1.64. The number of fused-ring (bicyclic) bond motifs is 1. The van der Waals surface area contributed by atoms with Crippen LogP contribution in [0.5, 0.6) is 5.75 Å². The molecule has 0 radical (unpaired) electrons. The summed E-state index contributed by atoms with van der Waals surface area (Å²) in [4.78, 5) is 27.7. The van der Waals surface area contributed by atoms with E-state index in [1.54, 1.807) is 18.3 Å². The molecule has 142 valence electrons. The highest BCUT2D eigenvalue weighted by molar-refractivity contribution is 6.03. The van der Waals surface area contributed by atoms with Crippen LogP contribution in [0.25, 0.3) is 10.8 Å². The topological polar surface area (TPSA) is 92.7 Å². The summed E-state index contributed by atoms with van der Waals surface area (Å²) in [6.07, 6.45) is 4.58. The predicted molar refractivity (Wildman–Crippen MR) is 107 cm³/mol. The molecule has 2 aromatic carbocycles. The standard InChI is InChI=1S/C21H20N4O3/c1-2-28-19-8-7-15-5-3-4-6-17(15)18(19)13-24-25-20(26)14-23-21(27)16-9-11-22-12-10-16/h3-13H,2,14H2,1H3,(H,23,27)(H,25,26)/b24-13+. The van der Waals surface area contributed by atoms with Crippen molar-refractivity contribution < 1.29 is 14.3 Å². The van der Waals surface area contributed by atoms with Crippen molar-refractivity contribution in [3.05, 3.63) is 72.1 Å². The van der Waals surface area contributed by atoms with Crippen LogP contribution in [0.2, 0.25) is 0 Å². The lowest BCUT2D eigenvalue weighted by Crippen LogP contribution is -2.34. The second-order valence-electron chi connectivity index (χ2n) is 5.84. The number of nitrogens with one attached hydrogen (secondary N) is 2. The zero-order chi connectivity index (χ0) is 19.8. The molecule has 2 amide bonds. The van der Waals surface area contributed by atoms with E-state index in [0.717, 1.165) is 16.3 Å². The fourth-order valence-electron chi connectivity index (χ4n) is 2.66. The summed E-state index contributed by atoms with van der Waals surface area (Å²) in [5.41, 5.74) is 3.63. The molecule has 0 atom stereocenters. The van der Waals surface area contributed by atoms with Crippen LogP contribution in [0.4, 0.5) is 0 Å². The average Bonchev–Trinajstić information content (AvgIpc) is 2.74. The lowest BCUT2D eigenvalue weighted by molar-refractivity contribution is -0.120. The van der Waals surface area contributed by atoms with Gasteiger partial charge in [0.1, 0.15) is 5.75 Å². The molecule has 0 spiro atoms. The first-order chi connectivity index (χ1) is 13.7. The summed E-state index contributed by atoms with van der Waals surface area (Å²) in [5, 5.41) is 8.57. The number of hydrazone groups is 1. The molecule has 3 aromatic rings. The van der Waals surface area contributed by atoms with Crippen LogP contribution in [0.15, 0.2) is 66.0 Å². The van der Waals surface area contributed by atoms with E-state index in [1.807, 2.05) is 43.3 Å². The Morgan fingerprint density at radius 1 is 1.11 bits per heavy atom.